The summed E-state index contributed by atoms with van der Waals surface area (Å²) in [7, 11) is -3.74. The van der Waals surface area contributed by atoms with Gasteiger partial charge in [-0.15, -0.1) is 0 Å². The third kappa shape index (κ3) is 7.47. The van der Waals surface area contributed by atoms with Crippen molar-refractivity contribution in [3.8, 4) is 0 Å². The molecule has 13 nitrogen and oxygen atoms in total. The van der Waals surface area contributed by atoms with E-state index in [4.69, 9.17) is 5.11 Å². The maximum absolute atomic E-state index is 12.5. The first-order chi connectivity index (χ1) is 14.0. The van der Waals surface area contributed by atoms with Crippen LogP contribution in [0.15, 0.2) is 12.1 Å². The van der Waals surface area contributed by atoms with Gasteiger partial charge < -0.3 is 15.3 Å². The number of anilines is 1. The van der Waals surface area contributed by atoms with Crippen LogP contribution in [0.25, 0.3) is 0 Å². The largest absolute Gasteiger partial charge is 0.396 e. The van der Waals surface area contributed by atoms with Gasteiger partial charge in [-0.3, -0.25) is 29.2 Å². The maximum atomic E-state index is 12.5. The van der Waals surface area contributed by atoms with Crippen LogP contribution in [0.4, 0.5) is 17.1 Å². The fourth-order valence-corrected chi connectivity index (χ4v) is 3.31. The van der Waals surface area contributed by atoms with Gasteiger partial charge >= 0.3 is 5.69 Å². The van der Waals surface area contributed by atoms with Gasteiger partial charge in [0.15, 0.2) is 5.56 Å². The Morgan fingerprint density at radius 3 is 2.43 bits per heavy atom. The number of aliphatic hydroxyl groups is 1. The molecule has 1 rings (SSSR count). The van der Waals surface area contributed by atoms with Gasteiger partial charge in [-0.05, 0) is 12.5 Å². The van der Waals surface area contributed by atoms with Crippen LogP contribution < -0.4 is 10.2 Å². The molecule has 0 heterocycles. The van der Waals surface area contributed by atoms with E-state index in [1.807, 2.05) is 0 Å². The molecule has 0 saturated carbocycles. The molecule has 0 aliphatic carbocycles. The van der Waals surface area contributed by atoms with E-state index in [2.05, 4.69) is 25.4 Å². The van der Waals surface area contributed by atoms with Crippen molar-refractivity contribution in [1.82, 2.24) is 5.32 Å². The molecule has 0 bridgehead atoms. The molecule has 0 atom stereocenters. The molecule has 0 aliphatic heterocycles. The maximum Gasteiger partial charge on any atom is 0.312 e. The molecule has 1 aromatic carbocycles. The Balaban J connectivity index is 3.48. The Labute approximate surface area is 180 Å². The van der Waals surface area contributed by atoms with Crippen LogP contribution in [-0.2, 0) is 14.3 Å². The minimum Gasteiger partial charge on any atom is -0.396 e. The van der Waals surface area contributed by atoms with Gasteiger partial charge in [0.25, 0.3) is 21.7 Å². The number of aliphatic hydroxyl groups excluding tert-OH is 1. The van der Waals surface area contributed by atoms with Crippen molar-refractivity contribution in [1.29, 1.82) is 0 Å². The second-order valence-corrected chi connectivity index (χ2v) is 8.31. The highest BCUT2D eigenvalue weighted by Crippen LogP contribution is 2.37. The molecule has 1 aromatic rings. The normalized spacial score (nSPS) is 11.2. The fraction of sp³-hybridized carbons (Fsp3) is 0.533. The van der Waals surface area contributed by atoms with Gasteiger partial charge in [0.1, 0.15) is 5.69 Å². The first-order valence-electron chi connectivity index (χ1n) is 8.53. The van der Waals surface area contributed by atoms with Crippen LogP contribution in [0.2, 0.25) is 0 Å². The van der Waals surface area contributed by atoms with E-state index in [0.717, 1.165) is 18.4 Å². The third-order valence-electron chi connectivity index (χ3n) is 3.72. The second-order valence-electron chi connectivity index (χ2n) is 5.88. The number of nitrogens with zero attached hydrogens (tertiary/aromatic N) is 3. The first-order valence-corrected chi connectivity index (χ1v) is 11.5. The van der Waals surface area contributed by atoms with Crippen molar-refractivity contribution < 1.29 is 32.3 Å². The fourth-order valence-electron chi connectivity index (χ4n) is 2.51. The number of rotatable bonds is 13. The van der Waals surface area contributed by atoms with E-state index in [-0.39, 0.29) is 45.0 Å². The van der Waals surface area contributed by atoms with E-state index < -0.39 is 42.8 Å². The summed E-state index contributed by atoms with van der Waals surface area (Å²) in [6, 6.07) is 2.10. The minimum absolute atomic E-state index is 0.0405. The van der Waals surface area contributed by atoms with E-state index in [9.17, 15) is 33.4 Å². The average molecular weight is 513 g/mol. The summed E-state index contributed by atoms with van der Waals surface area (Å²) in [5.74, 6) is -1.03. The molecule has 30 heavy (non-hydrogen) atoms. The molecule has 0 spiro atoms. The zero-order valence-corrected chi connectivity index (χ0v) is 18.3. The molecule has 1 amide bonds. The molecule has 15 heteroatoms. The highest BCUT2D eigenvalue weighted by Gasteiger charge is 2.35. The van der Waals surface area contributed by atoms with Crippen LogP contribution >= 0.6 is 15.9 Å². The van der Waals surface area contributed by atoms with Crippen molar-refractivity contribution in [3.63, 3.8) is 0 Å². The quantitative estimate of drug-likeness (QED) is 0.126. The standard InChI is InChI=1S/C15H21BrN4O9S/c1-30(27,28)29-10-8-18(7-5-16)12-4-3-11(19(23)24)13(14(12)20(25)26)15(22)17-6-2-9-21/h3-4,21H,2,5-10H2,1H3,(H,17,22). The predicted octanol–water partition coefficient (Wildman–Crippen LogP) is 0.793. The second kappa shape index (κ2) is 11.7. The molecule has 168 valence electrons. The molecular formula is C15H21BrN4O9S. The molecule has 0 radical (unpaired) electrons. The monoisotopic (exact) mass is 512 g/mol. The summed E-state index contributed by atoms with van der Waals surface area (Å²) in [6.07, 6.45) is 1.01. The predicted molar refractivity (Wildman–Crippen MR) is 111 cm³/mol. The number of carbonyl (C=O) groups excluding carboxylic acids is 1. The molecule has 0 saturated heterocycles. The lowest BCUT2D eigenvalue weighted by molar-refractivity contribution is -0.394. The van der Waals surface area contributed by atoms with Gasteiger partial charge in [-0.1, -0.05) is 15.9 Å². The first kappa shape index (κ1) is 25.7. The number of nitro benzene ring substituents is 2. The Morgan fingerprint density at radius 1 is 1.27 bits per heavy atom. The number of halogens is 1. The number of nitrogens with one attached hydrogen (secondary N) is 1. The summed E-state index contributed by atoms with van der Waals surface area (Å²) in [5.41, 5.74) is -2.37. The number of alkyl halides is 1. The van der Waals surface area contributed by atoms with Crippen LogP contribution in [0.5, 0.6) is 0 Å². The van der Waals surface area contributed by atoms with E-state index in [1.54, 1.807) is 0 Å². The number of nitro groups is 2. The van der Waals surface area contributed by atoms with Crippen LogP contribution in [0.3, 0.4) is 0 Å². The summed E-state index contributed by atoms with van der Waals surface area (Å²) >= 11 is 3.19. The Morgan fingerprint density at radius 2 is 1.93 bits per heavy atom. The number of hydrogen-bond acceptors (Lipinski definition) is 10. The molecule has 0 aromatic heterocycles. The van der Waals surface area contributed by atoms with Gasteiger partial charge in [-0.2, -0.15) is 8.42 Å². The number of amides is 1. The SMILES string of the molecule is CS(=O)(=O)OCCN(CCBr)c1ccc([N+](=O)[O-])c(C(=O)NCCCO)c1[N+](=O)[O-]. The molecule has 2 N–H and O–H groups in total. The number of carbonyl (C=O) groups is 1. The highest BCUT2D eigenvalue weighted by atomic mass is 79.9. The molecular weight excluding hydrogens is 492 g/mol. The summed E-state index contributed by atoms with van der Waals surface area (Å²) in [6.45, 7) is -0.538. The molecule has 0 unspecified atom stereocenters. The Bertz CT molecular complexity index is 894. The molecule has 0 fully saturated rings. The minimum atomic E-state index is -3.74. The summed E-state index contributed by atoms with van der Waals surface area (Å²) in [4.78, 5) is 35.3. The zero-order valence-electron chi connectivity index (χ0n) is 15.9. The van der Waals surface area contributed by atoms with Crippen molar-refractivity contribution in [2.75, 3.05) is 49.3 Å². The van der Waals surface area contributed by atoms with Gasteiger partial charge in [0, 0.05) is 37.6 Å². The van der Waals surface area contributed by atoms with E-state index in [1.165, 1.54) is 4.90 Å². The summed E-state index contributed by atoms with van der Waals surface area (Å²) < 4.78 is 27.0. The lowest BCUT2D eigenvalue weighted by Gasteiger charge is -2.24. The smallest absolute Gasteiger partial charge is 0.312 e. The van der Waals surface area contributed by atoms with Crippen molar-refractivity contribution in [2.24, 2.45) is 0 Å². The van der Waals surface area contributed by atoms with E-state index >= 15 is 0 Å². The zero-order chi connectivity index (χ0) is 22.9. The topological polar surface area (TPSA) is 182 Å². The van der Waals surface area contributed by atoms with Gasteiger partial charge in [0.2, 0.25) is 0 Å². The van der Waals surface area contributed by atoms with Crippen LogP contribution in [0, 0.1) is 20.2 Å². The van der Waals surface area contributed by atoms with E-state index in [0.29, 0.717) is 5.33 Å². The number of hydrogen-bond donors (Lipinski definition) is 2. The molecule has 0 aliphatic rings. The average Bonchev–Trinajstić information content (AvgIpc) is 2.65. The highest BCUT2D eigenvalue weighted by molar-refractivity contribution is 9.09. The lowest BCUT2D eigenvalue weighted by atomic mass is 10.1. The van der Waals surface area contributed by atoms with Crippen molar-refractivity contribution >= 4 is 49.0 Å². The number of benzene rings is 1. The van der Waals surface area contributed by atoms with Crippen molar-refractivity contribution in [3.05, 3.63) is 37.9 Å². The van der Waals surface area contributed by atoms with Crippen LogP contribution in [-0.4, -0.2) is 73.7 Å². The van der Waals surface area contributed by atoms with Gasteiger partial charge in [0.05, 0.1) is 22.7 Å². The third-order valence-corrected chi connectivity index (χ3v) is 4.66. The van der Waals surface area contributed by atoms with Crippen molar-refractivity contribution in [2.45, 2.75) is 6.42 Å². The Kier molecular flexibility index (Phi) is 10.0. The Hall–Kier alpha value is -2.36. The van der Waals surface area contributed by atoms with Gasteiger partial charge in [-0.25, -0.2) is 0 Å². The van der Waals surface area contributed by atoms with Crippen LogP contribution in [0.1, 0.15) is 16.8 Å². The lowest BCUT2D eigenvalue weighted by Crippen LogP contribution is -2.32. The summed E-state index contributed by atoms with van der Waals surface area (Å²) in [5, 5.41) is 34.6.